The van der Waals surface area contributed by atoms with Crippen molar-refractivity contribution in [2.45, 2.75) is 16.6 Å². The van der Waals surface area contributed by atoms with Crippen LogP contribution >= 0.6 is 11.8 Å². The van der Waals surface area contributed by atoms with E-state index in [1.54, 1.807) is 14.2 Å². The molecule has 1 atom stereocenters. The summed E-state index contributed by atoms with van der Waals surface area (Å²) in [4.78, 5) is 6.20. The molecule has 3 nitrogen and oxygen atoms in total. The summed E-state index contributed by atoms with van der Waals surface area (Å²) in [5, 5.41) is 0.243. The number of para-hydroxylation sites is 1. The first-order chi connectivity index (χ1) is 13.3. The lowest BCUT2D eigenvalue weighted by Crippen LogP contribution is -2.05. The molecule has 3 aromatic rings. The van der Waals surface area contributed by atoms with Crippen LogP contribution < -0.4 is 9.47 Å². The van der Waals surface area contributed by atoms with Crippen LogP contribution in [0.3, 0.4) is 0 Å². The van der Waals surface area contributed by atoms with Crippen molar-refractivity contribution in [3.05, 3.63) is 83.9 Å². The third kappa shape index (κ3) is 3.71. The number of fused-ring (bicyclic) bond motifs is 1. The molecule has 1 heterocycles. The van der Waals surface area contributed by atoms with Crippen LogP contribution in [0.2, 0.25) is 0 Å². The molecular formula is C23H21NO2S. The van der Waals surface area contributed by atoms with E-state index in [-0.39, 0.29) is 5.25 Å². The van der Waals surface area contributed by atoms with Gasteiger partial charge in [0.05, 0.1) is 19.9 Å². The Morgan fingerprint density at radius 2 is 1.59 bits per heavy atom. The SMILES string of the molecule is COc1ccc(C2CC(c3ccccc3)=Nc3ccccc3S2)cc1OC. The maximum Gasteiger partial charge on any atom is 0.161 e. The molecule has 1 unspecified atom stereocenters. The smallest absolute Gasteiger partial charge is 0.161 e. The van der Waals surface area contributed by atoms with Gasteiger partial charge in [0, 0.05) is 22.3 Å². The summed E-state index contributed by atoms with van der Waals surface area (Å²) in [7, 11) is 3.34. The van der Waals surface area contributed by atoms with Crippen molar-refractivity contribution >= 4 is 23.2 Å². The van der Waals surface area contributed by atoms with Gasteiger partial charge in [-0.1, -0.05) is 48.5 Å². The van der Waals surface area contributed by atoms with Gasteiger partial charge in [-0.05, 0) is 35.4 Å². The number of methoxy groups -OCH3 is 2. The molecule has 0 fully saturated rings. The van der Waals surface area contributed by atoms with Crippen molar-refractivity contribution < 1.29 is 9.47 Å². The summed E-state index contributed by atoms with van der Waals surface area (Å²) >= 11 is 1.85. The first-order valence-electron chi connectivity index (χ1n) is 8.89. The van der Waals surface area contributed by atoms with Crippen LogP contribution in [0.25, 0.3) is 0 Å². The van der Waals surface area contributed by atoms with Gasteiger partial charge in [0.15, 0.2) is 11.5 Å². The average molecular weight is 375 g/mol. The predicted octanol–water partition coefficient (Wildman–Crippen LogP) is 6.06. The minimum absolute atomic E-state index is 0.243. The molecule has 0 aromatic heterocycles. The van der Waals surface area contributed by atoms with Crippen molar-refractivity contribution in [2.75, 3.05) is 14.2 Å². The molecule has 136 valence electrons. The first kappa shape index (κ1) is 17.7. The number of hydrogen-bond acceptors (Lipinski definition) is 4. The average Bonchev–Trinajstić information content (AvgIpc) is 2.93. The fraction of sp³-hybridized carbons (Fsp3) is 0.174. The van der Waals surface area contributed by atoms with E-state index in [0.29, 0.717) is 0 Å². The zero-order chi connectivity index (χ0) is 18.6. The molecule has 0 amide bonds. The Morgan fingerprint density at radius 1 is 0.852 bits per heavy atom. The molecule has 4 heteroatoms. The summed E-state index contributed by atoms with van der Waals surface area (Å²) in [6.07, 6.45) is 0.846. The lowest BCUT2D eigenvalue weighted by atomic mass is 10.0. The summed E-state index contributed by atoms with van der Waals surface area (Å²) in [6, 6.07) is 24.9. The van der Waals surface area contributed by atoms with Crippen LogP contribution in [0, 0.1) is 0 Å². The lowest BCUT2D eigenvalue weighted by Gasteiger charge is -2.18. The molecule has 0 saturated heterocycles. The third-order valence-electron chi connectivity index (χ3n) is 4.66. The van der Waals surface area contributed by atoms with Crippen LogP contribution in [0.5, 0.6) is 11.5 Å². The molecule has 0 N–H and O–H groups in total. The molecular weight excluding hydrogens is 354 g/mol. The fourth-order valence-corrected chi connectivity index (χ4v) is 4.48. The van der Waals surface area contributed by atoms with E-state index < -0.39 is 0 Å². The Bertz CT molecular complexity index is 969. The summed E-state index contributed by atoms with van der Waals surface area (Å²) < 4.78 is 10.9. The van der Waals surface area contributed by atoms with Crippen LogP contribution in [-0.2, 0) is 0 Å². The van der Waals surface area contributed by atoms with Crippen LogP contribution in [0.15, 0.2) is 82.7 Å². The standard InChI is InChI=1S/C23H21NO2S/c1-25-20-13-12-17(14-21(20)26-2)23-15-19(16-8-4-3-5-9-16)24-18-10-6-7-11-22(18)27-23/h3-14,23H,15H2,1-2H3. The Morgan fingerprint density at radius 3 is 2.37 bits per heavy atom. The number of aliphatic imine (C=N–C) groups is 1. The summed E-state index contributed by atoms with van der Waals surface area (Å²) in [5.41, 5.74) is 4.51. The second-order valence-corrected chi connectivity index (χ2v) is 7.56. The molecule has 0 bridgehead atoms. The Kier molecular flexibility index (Phi) is 5.16. The highest BCUT2D eigenvalue weighted by molar-refractivity contribution is 7.99. The molecule has 0 saturated carbocycles. The fourth-order valence-electron chi connectivity index (χ4n) is 3.26. The quantitative estimate of drug-likeness (QED) is 0.555. The van der Waals surface area contributed by atoms with Crippen LogP contribution in [0.1, 0.15) is 22.8 Å². The van der Waals surface area contributed by atoms with Crippen molar-refractivity contribution in [3.8, 4) is 11.5 Å². The summed E-state index contributed by atoms with van der Waals surface area (Å²) in [6.45, 7) is 0. The van der Waals surface area contributed by atoms with Gasteiger partial charge in [-0.2, -0.15) is 0 Å². The van der Waals surface area contributed by atoms with Gasteiger partial charge in [-0.25, -0.2) is 0 Å². The van der Waals surface area contributed by atoms with Gasteiger partial charge < -0.3 is 9.47 Å². The molecule has 0 aliphatic carbocycles. The molecule has 1 aliphatic heterocycles. The second kappa shape index (κ2) is 7.89. The first-order valence-corrected chi connectivity index (χ1v) is 9.77. The maximum atomic E-state index is 5.52. The molecule has 27 heavy (non-hydrogen) atoms. The van der Waals surface area contributed by atoms with Gasteiger partial charge >= 0.3 is 0 Å². The lowest BCUT2D eigenvalue weighted by molar-refractivity contribution is 0.354. The van der Waals surface area contributed by atoms with Crippen molar-refractivity contribution in [2.24, 2.45) is 4.99 Å². The summed E-state index contributed by atoms with van der Waals surface area (Å²) in [5.74, 6) is 1.50. The zero-order valence-corrected chi connectivity index (χ0v) is 16.2. The Labute approximate surface area is 164 Å². The van der Waals surface area contributed by atoms with Crippen molar-refractivity contribution in [3.63, 3.8) is 0 Å². The van der Waals surface area contributed by atoms with Crippen LogP contribution in [0.4, 0.5) is 5.69 Å². The van der Waals surface area contributed by atoms with E-state index in [1.807, 2.05) is 30.0 Å². The monoisotopic (exact) mass is 375 g/mol. The minimum atomic E-state index is 0.243. The number of hydrogen-bond donors (Lipinski definition) is 0. The van der Waals surface area contributed by atoms with E-state index in [1.165, 1.54) is 16.0 Å². The third-order valence-corrected chi connectivity index (χ3v) is 5.98. The predicted molar refractivity (Wildman–Crippen MR) is 112 cm³/mol. The molecule has 0 spiro atoms. The topological polar surface area (TPSA) is 30.8 Å². The van der Waals surface area contributed by atoms with Gasteiger partial charge in [0.1, 0.15) is 0 Å². The number of rotatable bonds is 4. The maximum absolute atomic E-state index is 5.52. The number of nitrogens with zero attached hydrogens (tertiary/aromatic N) is 1. The largest absolute Gasteiger partial charge is 0.493 e. The number of thioether (sulfide) groups is 1. The van der Waals surface area contributed by atoms with Crippen molar-refractivity contribution in [1.82, 2.24) is 0 Å². The van der Waals surface area contributed by atoms with Gasteiger partial charge in [-0.15, -0.1) is 11.8 Å². The highest BCUT2D eigenvalue weighted by Gasteiger charge is 2.23. The van der Waals surface area contributed by atoms with E-state index in [9.17, 15) is 0 Å². The zero-order valence-electron chi connectivity index (χ0n) is 15.4. The minimum Gasteiger partial charge on any atom is -0.493 e. The molecule has 3 aromatic carbocycles. The number of ether oxygens (including phenoxy) is 2. The normalized spacial score (nSPS) is 16.1. The van der Waals surface area contributed by atoms with Gasteiger partial charge in [0.25, 0.3) is 0 Å². The molecule has 0 radical (unpaired) electrons. The Hall–Kier alpha value is -2.72. The van der Waals surface area contributed by atoms with E-state index in [4.69, 9.17) is 14.5 Å². The van der Waals surface area contributed by atoms with Crippen LogP contribution in [-0.4, -0.2) is 19.9 Å². The molecule has 1 aliphatic rings. The second-order valence-electron chi connectivity index (χ2n) is 6.32. The van der Waals surface area contributed by atoms with E-state index in [2.05, 4.69) is 54.6 Å². The van der Waals surface area contributed by atoms with Gasteiger partial charge in [0.2, 0.25) is 0 Å². The van der Waals surface area contributed by atoms with E-state index >= 15 is 0 Å². The Balaban J connectivity index is 1.78. The number of benzene rings is 3. The van der Waals surface area contributed by atoms with E-state index in [0.717, 1.165) is 29.3 Å². The van der Waals surface area contributed by atoms with Crippen molar-refractivity contribution in [1.29, 1.82) is 0 Å². The molecule has 4 rings (SSSR count). The van der Waals surface area contributed by atoms with Gasteiger partial charge in [-0.3, -0.25) is 4.99 Å². The highest BCUT2D eigenvalue weighted by Crippen LogP contribution is 2.46. The highest BCUT2D eigenvalue weighted by atomic mass is 32.2.